The zero-order valence-corrected chi connectivity index (χ0v) is 11.3. The molecule has 0 fully saturated rings. The van der Waals surface area contributed by atoms with Crippen LogP contribution >= 0.6 is 31.9 Å². The van der Waals surface area contributed by atoms with Crippen molar-refractivity contribution in [3.63, 3.8) is 0 Å². The second-order valence-corrected chi connectivity index (χ2v) is 5.26. The first-order valence-corrected chi connectivity index (χ1v) is 6.31. The van der Waals surface area contributed by atoms with Crippen LogP contribution < -0.4 is 0 Å². The molecule has 0 radical (unpaired) electrons. The van der Waals surface area contributed by atoms with E-state index in [0.717, 1.165) is 15.4 Å². The summed E-state index contributed by atoms with van der Waals surface area (Å²) >= 11 is 6.87. The summed E-state index contributed by atoms with van der Waals surface area (Å²) in [5.74, 6) is 0. The van der Waals surface area contributed by atoms with Gasteiger partial charge in [0.15, 0.2) is 0 Å². The van der Waals surface area contributed by atoms with E-state index in [9.17, 15) is 0 Å². The second kappa shape index (κ2) is 4.95. The van der Waals surface area contributed by atoms with Crippen LogP contribution in [0.3, 0.4) is 0 Å². The molecule has 2 aromatic carbocycles. The third-order valence-electron chi connectivity index (χ3n) is 2.23. The van der Waals surface area contributed by atoms with Crippen LogP contribution in [-0.2, 0) is 6.42 Å². The molecule has 0 heterocycles. The van der Waals surface area contributed by atoms with Gasteiger partial charge in [0.1, 0.15) is 0 Å². The van der Waals surface area contributed by atoms with E-state index in [2.05, 4.69) is 80.4 Å². The fraction of sp³-hybridized carbons (Fsp3) is 0.0769. The van der Waals surface area contributed by atoms with Crippen molar-refractivity contribution in [1.82, 2.24) is 0 Å². The Morgan fingerprint density at radius 1 is 0.600 bits per heavy atom. The molecule has 0 unspecified atom stereocenters. The maximum Gasteiger partial charge on any atom is 0.0175 e. The van der Waals surface area contributed by atoms with Gasteiger partial charge in [0.25, 0.3) is 0 Å². The van der Waals surface area contributed by atoms with Crippen molar-refractivity contribution in [2.45, 2.75) is 6.42 Å². The van der Waals surface area contributed by atoms with Crippen molar-refractivity contribution in [3.05, 3.63) is 68.6 Å². The van der Waals surface area contributed by atoms with Gasteiger partial charge in [0.2, 0.25) is 0 Å². The molecular formula is C13H10Br2. The molecule has 0 atom stereocenters. The average molecular weight is 326 g/mol. The van der Waals surface area contributed by atoms with E-state index in [-0.39, 0.29) is 0 Å². The molecule has 0 aliphatic carbocycles. The van der Waals surface area contributed by atoms with Gasteiger partial charge in [-0.3, -0.25) is 0 Å². The Labute approximate surface area is 107 Å². The highest BCUT2D eigenvalue weighted by Crippen LogP contribution is 2.16. The zero-order chi connectivity index (χ0) is 10.7. The molecule has 0 spiro atoms. The Morgan fingerprint density at radius 3 is 1.27 bits per heavy atom. The van der Waals surface area contributed by atoms with E-state index in [0.29, 0.717) is 0 Å². The van der Waals surface area contributed by atoms with Gasteiger partial charge in [0, 0.05) is 8.95 Å². The first-order chi connectivity index (χ1) is 7.24. The lowest BCUT2D eigenvalue weighted by Gasteiger charge is -2.02. The number of hydrogen-bond donors (Lipinski definition) is 0. The maximum absolute atomic E-state index is 3.43. The molecule has 0 aromatic heterocycles. The lowest BCUT2D eigenvalue weighted by molar-refractivity contribution is 1.19. The van der Waals surface area contributed by atoms with Crippen LogP contribution in [0.1, 0.15) is 11.1 Å². The second-order valence-electron chi connectivity index (χ2n) is 3.43. The van der Waals surface area contributed by atoms with Crippen molar-refractivity contribution in [3.8, 4) is 0 Å². The summed E-state index contributed by atoms with van der Waals surface area (Å²) in [6.07, 6.45) is 0.987. The van der Waals surface area contributed by atoms with Crippen LogP contribution in [0.25, 0.3) is 0 Å². The molecular weight excluding hydrogens is 316 g/mol. The molecule has 2 heteroatoms. The number of rotatable bonds is 2. The van der Waals surface area contributed by atoms with E-state index >= 15 is 0 Å². The van der Waals surface area contributed by atoms with E-state index in [1.54, 1.807) is 0 Å². The quantitative estimate of drug-likeness (QED) is 0.743. The molecule has 0 bridgehead atoms. The maximum atomic E-state index is 3.43. The van der Waals surface area contributed by atoms with Crippen LogP contribution in [0.2, 0.25) is 0 Å². The Hall–Kier alpha value is -0.600. The Morgan fingerprint density at radius 2 is 0.933 bits per heavy atom. The van der Waals surface area contributed by atoms with Crippen molar-refractivity contribution >= 4 is 31.9 Å². The highest BCUT2D eigenvalue weighted by Gasteiger charge is 1.96. The van der Waals surface area contributed by atoms with Gasteiger partial charge < -0.3 is 0 Å². The van der Waals surface area contributed by atoms with Crippen molar-refractivity contribution < 1.29 is 0 Å². The van der Waals surface area contributed by atoms with Gasteiger partial charge >= 0.3 is 0 Å². The number of hydrogen-bond acceptors (Lipinski definition) is 0. The number of halogens is 2. The fourth-order valence-electron chi connectivity index (χ4n) is 1.44. The van der Waals surface area contributed by atoms with Crippen LogP contribution in [-0.4, -0.2) is 0 Å². The Bertz CT molecular complexity index is 386. The SMILES string of the molecule is Brc1ccc(Cc2ccc(Br)cc2)cc1. The topological polar surface area (TPSA) is 0 Å². The third kappa shape index (κ3) is 3.18. The highest BCUT2D eigenvalue weighted by atomic mass is 79.9. The van der Waals surface area contributed by atoms with Gasteiger partial charge in [-0.05, 0) is 41.8 Å². The van der Waals surface area contributed by atoms with Crippen molar-refractivity contribution in [1.29, 1.82) is 0 Å². The van der Waals surface area contributed by atoms with E-state index in [1.165, 1.54) is 11.1 Å². The molecule has 15 heavy (non-hydrogen) atoms. The minimum atomic E-state index is 0.987. The first-order valence-electron chi connectivity index (χ1n) is 4.73. The van der Waals surface area contributed by atoms with Gasteiger partial charge in [0.05, 0.1) is 0 Å². The number of benzene rings is 2. The van der Waals surface area contributed by atoms with E-state index in [1.807, 2.05) is 0 Å². The predicted octanol–water partition coefficient (Wildman–Crippen LogP) is 4.80. The minimum absolute atomic E-state index is 0.987. The Balaban J connectivity index is 2.15. The molecule has 0 saturated carbocycles. The average Bonchev–Trinajstić information content (AvgIpc) is 2.25. The normalized spacial score (nSPS) is 10.3. The summed E-state index contributed by atoms with van der Waals surface area (Å²) in [5, 5.41) is 0. The first kappa shape index (κ1) is 10.9. The summed E-state index contributed by atoms with van der Waals surface area (Å²) in [6, 6.07) is 16.9. The summed E-state index contributed by atoms with van der Waals surface area (Å²) in [4.78, 5) is 0. The van der Waals surface area contributed by atoms with Gasteiger partial charge in [-0.15, -0.1) is 0 Å². The van der Waals surface area contributed by atoms with Gasteiger partial charge in [-0.1, -0.05) is 56.1 Å². The monoisotopic (exact) mass is 324 g/mol. The van der Waals surface area contributed by atoms with E-state index in [4.69, 9.17) is 0 Å². The van der Waals surface area contributed by atoms with Gasteiger partial charge in [-0.25, -0.2) is 0 Å². The summed E-state index contributed by atoms with van der Waals surface area (Å²) in [5.41, 5.74) is 2.67. The van der Waals surface area contributed by atoms with Crippen molar-refractivity contribution in [2.75, 3.05) is 0 Å². The van der Waals surface area contributed by atoms with Crippen molar-refractivity contribution in [2.24, 2.45) is 0 Å². The van der Waals surface area contributed by atoms with Crippen LogP contribution in [0, 0.1) is 0 Å². The molecule has 0 N–H and O–H groups in total. The molecule has 0 saturated heterocycles. The minimum Gasteiger partial charge on any atom is -0.0576 e. The lowest BCUT2D eigenvalue weighted by Crippen LogP contribution is -1.86. The smallest absolute Gasteiger partial charge is 0.0175 e. The molecule has 2 aromatic rings. The van der Waals surface area contributed by atoms with Gasteiger partial charge in [-0.2, -0.15) is 0 Å². The third-order valence-corrected chi connectivity index (χ3v) is 3.29. The standard InChI is InChI=1S/C13H10Br2/c14-12-5-1-10(2-6-12)9-11-3-7-13(15)8-4-11/h1-8H,9H2. The Kier molecular flexibility index (Phi) is 3.60. The molecule has 0 nitrogen and oxygen atoms in total. The molecule has 2 rings (SSSR count). The summed E-state index contributed by atoms with van der Waals surface area (Å²) in [7, 11) is 0. The van der Waals surface area contributed by atoms with Crippen LogP contribution in [0.5, 0.6) is 0 Å². The zero-order valence-electron chi connectivity index (χ0n) is 8.08. The summed E-state index contributed by atoms with van der Waals surface area (Å²) in [6.45, 7) is 0. The van der Waals surface area contributed by atoms with Crippen LogP contribution in [0.4, 0.5) is 0 Å². The largest absolute Gasteiger partial charge is 0.0576 e. The molecule has 0 aliphatic heterocycles. The lowest BCUT2D eigenvalue weighted by atomic mass is 10.1. The highest BCUT2D eigenvalue weighted by molar-refractivity contribution is 9.10. The van der Waals surface area contributed by atoms with E-state index < -0.39 is 0 Å². The molecule has 76 valence electrons. The predicted molar refractivity (Wildman–Crippen MR) is 71.1 cm³/mol. The molecule has 0 aliphatic rings. The fourth-order valence-corrected chi connectivity index (χ4v) is 1.97. The summed E-state index contributed by atoms with van der Waals surface area (Å²) < 4.78 is 2.25. The van der Waals surface area contributed by atoms with Crippen LogP contribution in [0.15, 0.2) is 57.5 Å². The molecule has 0 amide bonds.